The molecule has 3 nitrogen and oxygen atoms in total. The van der Waals surface area contributed by atoms with E-state index in [1.54, 1.807) is 0 Å². The minimum Gasteiger partial charge on any atom is -0.501 e. The van der Waals surface area contributed by atoms with Gasteiger partial charge in [-0.3, -0.25) is 0 Å². The van der Waals surface area contributed by atoms with Crippen molar-refractivity contribution in [3.63, 3.8) is 0 Å². The van der Waals surface area contributed by atoms with E-state index in [0.29, 0.717) is 11.8 Å². The largest absolute Gasteiger partial charge is 0.501 e. The van der Waals surface area contributed by atoms with Crippen LogP contribution in [0.25, 0.3) is 44.5 Å². The molecular weight excluding hydrogens is 733 g/mol. The minimum atomic E-state index is -1.57. The summed E-state index contributed by atoms with van der Waals surface area (Å²) in [4.78, 5) is 9.10. The van der Waals surface area contributed by atoms with E-state index >= 15 is 0 Å². The number of hydrogen-bond acceptors (Lipinski definition) is 3. The van der Waals surface area contributed by atoms with Gasteiger partial charge in [-0.05, 0) is 66.8 Å². The van der Waals surface area contributed by atoms with Gasteiger partial charge in [0.25, 0.3) is 0 Å². The maximum absolute atomic E-state index is 6.43. The van der Waals surface area contributed by atoms with Gasteiger partial charge in [-0.2, -0.15) is 0 Å². The van der Waals surface area contributed by atoms with E-state index < -0.39 is 8.07 Å². The molecule has 0 aliphatic rings. The molecule has 1 atom stereocenters. The molecule has 229 valence electrons. The molecule has 6 rings (SSSR count). The molecule has 0 saturated carbocycles. The zero-order valence-electron chi connectivity index (χ0n) is 27.1. The average molecular weight is 775 g/mol. The van der Waals surface area contributed by atoms with Crippen LogP contribution in [0, 0.1) is 31.9 Å². The molecule has 6 aromatic rings. The SMILES string of the molecule is CCC(c1cc(-c2[c-]cc([Si](C)(C)C)c3c2oc2ccccc23)ncc1C)C(C)C.Cc1ccnc(-c2[c-]cccc2)c1.[Ir]. The van der Waals surface area contributed by atoms with Crippen molar-refractivity contribution in [2.24, 2.45) is 5.92 Å². The molecule has 44 heavy (non-hydrogen) atoms. The van der Waals surface area contributed by atoms with Crippen LogP contribution in [0.3, 0.4) is 0 Å². The molecule has 3 aromatic carbocycles. The number of aromatic nitrogens is 2. The minimum absolute atomic E-state index is 0. The molecule has 3 aromatic heterocycles. The fourth-order valence-electron chi connectivity index (χ4n) is 5.91. The van der Waals surface area contributed by atoms with Crippen molar-refractivity contribution in [2.45, 2.75) is 66.6 Å². The molecule has 3 heterocycles. The van der Waals surface area contributed by atoms with Crippen LogP contribution in [0.1, 0.15) is 49.8 Å². The van der Waals surface area contributed by atoms with Crippen LogP contribution in [0.4, 0.5) is 0 Å². The van der Waals surface area contributed by atoms with Crippen LogP contribution >= 0.6 is 0 Å². The van der Waals surface area contributed by atoms with Crippen LogP contribution in [-0.4, -0.2) is 18.0 Å². The van der Waals surface area contributed by atoms with Gasteiger partial charge >= 0.3 is 0 Å². The number of hydrogen-bond donors (Lipinski definition) is 0. The van der Waals surface area contributed by atoms with Gasteiger partial charge in [0.05, 0.1) is 5.58 Å². The maximum atomic E-state index is 6.43. The number of furan rings is 1. The number of aryl methyl sites for hydroxylation is 2. The number of para-hydroxylation sites is 1. The Bertz CT molecular complexity index is 1850. The van der Waals surface area contributed by atoms with Crippen molar-refractivity contribution >= 4 is 35.2 Å². The third-order valence-electron chi connectivity index (χ3n) is 8.21. The summed E-state index contributed by atoms with van der Waals surface area (Å²) in [7, 11) is -1.57. The molecule has 0 fully saturated rings. The van der Waals surface area contributed by atoms with Crippen molar-refractivity contribution in [1.29, 1.82) is 0 Å². The van der Waals surface area contributed by atoms with E-state index in [1.807, 2.05) is 48.8 Å². The molecule has 0 aliphatic carbocycles. The Kier molecular flexibility index (Phi) is 10.8. The molecule has 0 saturated heterocycles. The molecule has 1 radical (unpaired) electrons. The quantitative estimate of drug-likeness (QED) is 0.125. The topological polar surface area (TPSA) is 38.9 Å². The van der Waals surface area contributed by atoms with Crippen LogP contribution in [0.15, 0.2) is 89.6 Å². The fraction of sp³-hybridized carbons (Fsp3) is 0.282. The molecule has 1 unspecified atom stereocenters. The van der Waals surface area contributed by atoms with E-state index in [2.05, 4.69) is 108 Å². The van der Waals surface area contributed by atoms with Crippen LogP contribution in [-0.2, 0) is 20.1 Å². The van der Waals surface area contributed by atoms with Gasteiger partial charge in [0.15, 0.2) is 0 Å². The van der Waals surface area contributed by atoms with Gasteiger partial charge < -0.3 is 14.4 Å². The second-order valence-corrected chi connectivity index (χ2v) is 17.8. The number of rotatable bonds is 6. The van der Waals surface area contributed by atoms with Gasteiger partial charge in [0, 0.05) is 46.0 Å². The summed E-state index contributed by atoms with van der Waals surface area (Å²) in [5, 5.41) is 3.84. The molecular formula is C39H42IrN2OSi-2. The third kappa shape index (κ3) is 7.12. The van der Waals surface area contributed by atoms with Gasteiger partial charge in [-0.1, -0.05) is 87.3 Å². The molecule has 0 amide bonds. The predicted octanol–water partition coefficient (Wildman–Crippen LogP) is 10.3. The van der Waals surface area contributed by atoms with Crippen molar-refractivity contribution in [3.05, 3.63) is 114 Å². The number of pyridine rings is 2. The Morgan fingerprint density at radius 2 is 1.64 bits per heavy atom. The molecule has 0 bridgehead atoms. The summed E-state index contributed by atoms with van der Waals surface area (Å²) in [5.41, 5.74) is 9.71. The van der Waals surface area contributed by atoms with Gasteiger partial charge in [-0.15, -0.1) is 53.2 Å². The van der Waals surface area contributed by atoms with Crippen molar-refractivity contribution < 1.29 is 24.5 Å². The summed E-state index contributed by atoms with van der Waals surface area (Å²) in [5.74, 6) is 1.12. The predicted molar refractivity (Wildman–Crippen MR) is 185 cm³/mol. The second kappa shape index (κ2) is 14.2. The van der Waals surface area contributed by atoms with E-state index in [-0.39, 0.29) is 20.1 Å². The van der Waals surface area contributed by atoms with Gasteiger partial charge in [0.1, 0.15) is 5.58 Å². The Labute approximate surface area is 277 Å². The first-order valence-electron chi connectivity index (χ1n) is 15.3. The van der Waals surface area contributed by atoms with Crippen molar-refractivity contribution in [3.8, 4) is 22.5 Å². The van der Waals surface area contributed by atoms with E-state index in [0.717, 1.165) is 40.1 Å². The number of fused-ring (bicyclic) bond motifs is 3. The normalized spacial score (nSPS) is 12.1. The molecule has 5 heteroatoms. The first kappa shape index (κ1) is 33.5. The zero-order chi connectivity index (χ0) is 30.7. The maximum Gasteiger partial charge on any atom is 0.120 e. The van der Waals surface area contributed by atoms with Crippen LogP contribution in [0.2, 0.25) is 19.6 Å². The van der Waals surface area contributed by atoms with E-state index in [9.17, 15) is 0 Å². The Morgan fingerprint density at radius 1 is 0.886 bits per heavy atom. The number of benzene rings is 3. The summed E-state index contributed by atoms with van der Waals surface area (Å²) in [6.07, 6.45) is 4.97. The summed E-state index contributed by atoms with van der Waals surface area (Å²) in [6.45, 7) is 18.3. The first-order valence-corrected chi connectivity index (χ1v) is 18.8. The standard InChI is InChI=1S/C27H32NOSi.C12H10N.Ir/c1-8-19(17(2)3)22-15-23(28-16-18(22)4)20-13-14-25(30(5,6)7)26-21-11-9-10-12-24(21)29-27(20)26;1-10-7-8-13-12(9-10)11-5-3-2-4-6-11;/h9-12,14-17,19H,8H2,1-7H3;2-5,7-9H,1H3;/q2*-1;. The average Bonchev–Trinajstić information content (AvgIpc) is 3.38. The molecule has 0 aliphatic heterocycles. The van der Waals surface area contributed by atoms with Gasteiger partial charge in [0.2, 0.25) is 0 Å². The van der Waals surface area contributed by atoms with Crippen molar-refractivity contribution in [1.82, 2.24) is 9.97 Å². The molecule has 0 N–H and O–H groups in total. The van der Waals surface area contributed by atoms with E-state index in [4.69, 9.17) is 9.40 Å². The first-order chi connectivity index (χ1) is 20.6. The second-order valence-electron chi connectivity index (χ2n) is 12.8. The third-order valence-corrected chi connectivity index (χ3v) is 10.2. The summed E-state index contributed by atoms with van der Waals surface area (Å²) < 4.78 is 6.43. The zero-order valence-corrected chi connectivity index (χ0v) is 30.5. The molecule has 0 spiro atoms. The smallest absolute Gasteiger partial charge is 0.120 e. The Morgan fingerprint density at radius 3 is 2.30 bits per heavy atom. The van der Waals surface area contributed by atoms with Crippen LogP contribution < -0.4 is 5.19 Å². The van der Waals surface area contributed by atoms with Gasteiger partial charge in [-0.25, -0.2) is 0 Å². The number of nitrogens with zero attached hydrogens (tertiary/aromatic N) is 2. The van der Waals surface area contributed by atoms with Crippen LogP contribution in [0.5, 0.6) is 0 Å². The summed E-state index contributed by atoms with van der Waals surface area (Å²) in [6, 6.07) is 31.5. The Balaban J connectivity index is 0.000000264. The Hall–Kier alpha value is -3.37. The van der Waals surface area contributed by atoms with Crippen molar-refractivity contribution in [2.75, 3.05) is 0 Å². The summed E-state index contributed by atoms with van der Waals surface area (Å²) >= 11 is 0. The monoisotopic (exact) mass is 775 g/mol. The van der Waals surface area contributed by atoms with E-state index in [1.165, 1.54) is 32.6 Å². The fourth-order valence-corrected chi connectivity index (χ4v) is 7.42.